The molecule has 25 heavy (non-hydrogen) atoms. The Hall–Kier alpha value is -1.14. The van der Waals surface area contributed by atoms with Gasteiger partial charge in [-0.2, -0.15) is 0 Å². The van der Waals surface area contributed by atoms with Crippen molar-refractivity contribution in [2.24, 2.45) is 0 Å². The maximum atomic E-state index is 12.4. The number of carbonyl (C=O) groups excluding carboxylic acids is 1. The van der Waals surface area contributed by atoms with Crippen LogP contribution in [0.5, 0.6) is 0 Å². The Labute approximate surface area is 158 Å². The summed E-state index contributed by atoms with van der Waals surface area (Å²) < 4.78 is 0. The van der Waals surface area contributed by atoms with Crippen molar-refractivity contribution >= 4 is 39.2 Å². The molecule has 1 amide bonds. The van der Waals surface area contributed by atoms with Crippen LogP contribution in [-0.4, -0.2) is 27.7 Å². The third-order valence-corrected chi connectivity index (χ3v) is 6.84. The highest BCUT2D eigenvalue weighted by Crippen LogP contribution is 2.31. The molecule has 2 aromatic rings. The van der Waals surface area contributed by atoms with Crippen LogP contribution in [0.2, 0.25) is 0 Å². The molecule has 4 nitrogen and oxygen atoms in total. The van der Waals surface area contributed by atoms with Gasteiger partial charge in [-0.15, -0.1) is 11.3 Å². The molecule has 0 aliphatic heterocycles. The lowest BCUT2D eigenvalue weighted by Crippen LogP contribution is -2.36. The predicted octanol–water partition coefficient (Wildman–Crippen LogP) is 4.88. The molecule has 0 aromatic carbocycles. The summed E-state index contributed by atoms with van der Waals surface area (Å²) in [5, 5.41) is 5.27. The molecule has 0 radical (unpaired) electrons. The van der Waals surface area contributed by atoms with Crippen LogP contribution >= 0.6 is 23.1 Å². The Morgan fingerprint density at radius 3 is 2.68 bits per heavy atom. The first-order valence-electron chi connectivity index (χ1n) is 9.35. The van der Waals surface area contributed by atoms with E-state index in [0.717, 1.165) is 40.3 Å². The zero-order chi connectivity index (χ0) is 17.6. The minimum Gasteiger partial charge on any atom is -0.353 e. The molecule has 2 aromatic heterocycles. The Kier molecular flexibility index (Phi) is 6.70. The molecule has 1 saturated carbocycles. The van der Waals surface area contributed by atoms with Crippen LogP contribution in [0.15, 0.2) is 11.1 Å². The SMILES string of the molecule is CCc1cc2c(SCC(=O)NC3CCCCCCC3)nc(C)nc2s1. The molecule has 1 aliphatic carbocycles. The zero-order valence-electron chi connectivity index (χ0n) is 15.1. The van der Waals surface area contributed by atoms with Crippen molar-refractivity contribution in [3.63, 3.8) is 0 Å². The number of nitrogens with zero attached hydrogens (tertiary/aromatic N) is 2. The summed E-state index contributed by atoms with van der Waals surface area (Å²) in [4.78, 5) is 23.9. The second-order valence-electron chi connectivity index (χ2n) is 6.76. The molecule has 0 unspecified atom stereocenters. The van der Waals surface area contributed by atoms with E-state index < -0.39 is 0 Å². The van der Waals surface area contributed by atoms with Crippen molar-refractivity contribution in [2.75, 3.05) is 5.75 Å². The topological polar surface area (TPSA) is 54.9 Å². The maximum absolute atomic E-state index is 12.4. The largest absolute Gasteiger partial charge is 0.353 e. The van der Waals surface area contributed by atoms with Gasteiger partial charge in [-0.25, -0.2) is 9.97 Å². The fraction of sp³-hybridized carbons (Fsp3) is 0.632. The van der Waals surface area contributed by atoms with Gasteiger partial charge in [0.2, 0.25) is 5.91 Å². The smallest absolute Gasteiger partial charge is 0.230 e. The van der Waals surface area contributed by atoms with Gasteiger partial charge in [0, 0.05) is 16.3 Å². The molecule has 3 rings (SSSR count). The minimum absolute atomic E-state index is 0.130. The first-order chi connectivity index (χ1) is 12.2. The predicted molar refractivity (Wildman–Crippen MR) is 107 cm³/mol. The van der Waals surface area contributed by atoms with Crippen LogP contribution in [0.4, 0.5) is 0 Å². The van der Waals surface area contributed by atoms with Gasteiger partial charge in [0.1, 0.15) is 15.7 Å². The van der Waals surface area contributed by atoms with Crippen molar-refractivity contribution in [2.45, 2.75) is 76.3 Å². The number of fused-ring (bicyclic) bond motifs is 1. The van der Waals surface area contributed by atoms with E-state index in [1.54, 1.807) is 11.3 Å². The summed E-state index contributed by atoms with van der Waals surface area (Å²) in [6.45, 7) is 4.07. The lowest BCUT2D eigenvalue weighted by atomic mass is 9.97. The number of carbonyl (C=O) groups is 1. The number of thiophene rings is 1. The first-order valence-corrected chi connectivity index (χ1v) is 11.1. The van der Waals surface area contributed by atoms with Gasteiger partial charge >= 0.3 is 0 Å². The minimum atomic E-state index is 0.130. The number of aromatic nitrogens is 2. The molecule has 136 valence electrons. The van der Waals surface area contributed by atoms with Gasteiger partial charge < -0.3 is 5.32 Å². The average Bonchev–Trinajstić information content (AvgIpc) is 2.98. The molecule has 1 aliphatic rings. The number of amides is 1. The summed E-state index contributed by atoms with van der Waals surface area (Å²) in [5.74, 6) is 1.34. The van der Waals surface area contributed by atoms with Crippen molar-refractivity contribution < 1.29 is 4.79 Å². The van der Waals surface area contributed by atoms with Crippen molar-refractivity contribution in [3.8, 4) is 0 Å². The maximum Gasteiger partial charge on any atom is 0.230 e. The molecule has 2 heterocycles. The van der Waals surface area contributed by atoms with Crippen molar-refractivity contribution in [1.29, 1.82) is 0 Å². The van der Waals surface area contributed by atoms with Gasteiger partial charge in [-0.1, -0.05) is 50.8 Å². The van der Waals surface area contributed by atoms with Crippen LogP contribution in [-0.2, 0) is 11.2 Å². The lowest BCUT2D eigenvalue weighted by molar-refractivity contribution is -0.119. The van der Waals surface area contributed by atoms with Crippen LogP contribution in [0.3, 0.4) is 0 Å². The average molecular weight is 378 g/mol. The summed E-state index contributed by atoms with van der Waals surface area (Å²) in [6.07, 6.45) is 9.67. The highest BCUT2D eigenvalue weighted by molar-refractivity contribution is 8.00. The van der Waals surface area contributed by atoms with E-state index in [9.17, 15) is 4.79 Å². The number of nitrogens with one attached hydrogen (secondary N) is 1. The number of aryl methyl sites for hydroxylation is 2. The third kappa shape index (κ3) is 5.17. The van der Waals surface area contributed by atoms with Gasteiger partial charge in [0.05, 0.1) is 5.75 Å². The van der Waals surface area contributed by atoms with E-state index in [-0.39, 0.29) is 5.91 Å². The van der Waals surface area contributed by atoms with Gasteiger partial charge in [0.25, 0.3) is 0 Å². The molecule has 0 atom stereocenters. The van der Waals surface area contributed by atoms with E-state index in [1.165, 1.54) is 48.7 Å². The molecule has 6 heteroatoms. The fourth-order valence-electron chi connectivity index (χ4n) is 3.33. The summed E-state index contributed by atoms with van der Waals surface area (Å²) >= 11 is 3.27. The second-order valence-corrected chi connectivity index (χ2v) is 8.84. The third-order valence-electron chi connectivity index (χ3n) is 4.68. The zero-order valence-corrected chi connectivity index (χ0v) is 16.8. The van der Waals surface area contributed by atoms with Crippen LogP contribution in [0, 0.1) is 6.92 Å². The number of hydrogen-bond donors (Lipinski definition) is 1. The molecule has 0 saturated heterocycles. The van der Waals surface area contributed by atoms with Gasteiger partial charge in [-0.3, -0.25) is 4.79 Å². The van der Waals surface area contributed by atoms with E-state index in [4.69, 9.17) is 0 Å². The molecular weight excluding hydrogens is 350 g/mol. The van der Waals surface area contributed by atoms with Crippen molar-refractivity contribution in [3.05, 3.63) is 16.8 Å². The summed E-state index contributed by atoms with van der Waals surface area (Å²) in [7, 11) is 0. The molecule has 1 fully saturated rings. The fourth-order valence-corrected chi connectivity index (χ4v) is 5.27. The molecule has 0 spiro atoms. The van der Waals surface area contributed by atoms with E-state index in [1.807, 2.05) is 6.92 Å². The summed E-state index contributed by atoms with van der Waals surface area (Å²) in [5.41, 5.74) is 0. The first kappa shape index (κ1) is 18.6. The number of thioether (sulfide) groups is 1. The Morgan fingerprint density at radius 2 is 1.96 bits per heavy atom. The number of hydrogen-bond acceptors (Lipinski definition) is 5. The second kappa shape index (κ2) is 8.99. The van der Waals surface area contributed by atoms with Crippen LogP contribution in [0.1, 0.15) is 62.6 Å². The van der Waals surface area contributed by atoms with Gasteiger partial charge in [0.15, 0.2) is 0 Å². The molecule has 1 N–H and O–H groups in total. The van der Waals surface area contributed by atoms with Crippen molar-refractivity contribution in [1.82, 2.24) is 15.3 Å². The Morgan fingerprint density at radius 1 is 1.24 bits per heavy atom. The van der Waals surface area contributed by atoms with Gasteiger partial charge in [-0.05, 0) is 32.3 Å². The summed E-state index contributed by atoms with van der Waals surface area (Å²) in [6, 6.07) is 2.53. The van der Waals surface area contributed by atoms with Crippen LogP contribution < -0.4 is 5.32 Å². The quantitative estimate of drug-likeness (QED) is 0.596. The Bertz CT molecular complexity index is 721. The molecule has 0 bridgehead atoms. The normalized spacial score (nSPS) is 16.6. The lowest BCUT2D eigenvalue weighted by Gasteiger charge is -2.20. The molecular formula is C19H27N3OS2. The number of rotatable bonds is 5. The van der Waals surface area contributed by atoms with E-state index >= 15 is 0 Å². The highest BCUT2D eigenvalue weighted by Gasteiger charge is 2.16. The van der Waals surface area contributed by atoms with E-state index in [2.05, 4.69) is 28.3 Å². The van der Waals surface area contributed by atoms with E-state index in [0.29, 0.717) is 11.8 Å². The Balaban J connectivity index is 1.61. The monoisotopic (exact) mass is 377 g/mol. The highest BCUT2D eigenvalue weighted by atomic mass is 32.2. The standard InChI is InChI=1S/C19H27N3OS2/c1-3-15-11-16-18(20-13(2)21-19(16)25-15)24-12-17(23)22-14-9-7-5-4-6-8-10-14/h11,14H,3-10,12H2,1-2H3,(H,22,23). The van der Waals surface area contributed by atoms with Crippen LogP contribution in [0.25, 0.3) is 10.2 Å².